The summed E-state index contributed by atoms with van der Waals surface area (Å²) < 4.78 is 6.21. The smallest absolute Gasteiger partial charge is 0.133 e. The monoisotopic (exact) mass is 381 g/mol. The number of hydrogen-bond donors (Lipinski definition) is 0. The van der Waals surface area contributed by atoms with Gasteiger partial charge in [0.05, 0.1) is 11.5 Å². The van der Waals surface area contributed by atoms with Gasteiger partial charge >= 0.3 is 0 Å². The van der Waals surface area contributed by atoms with Crippen molar-refractivity contribution in [1.29, 1.82) is 0 Å². The number of ether oxygens (including phenoxy) is 1. The lowest BCUT2D eigenvalue weighted by molar-refractivity contribution is 0.181. The third-order valence-electron chi connectivity index (χ3n) is 5.80. The Morgan fingerprint density at radius 2 is 1.78 bits per heavy atom. The van der Waals surface area contributed by atoms with Crippen molar-refractivity contribution in [1.82, 2.24) is 4.90 Å². The molecule has 0 unspecified atom stereocenters. The van der Waals surface area contributed by atoms with Crippen LogP contribution in [0.1, 0.15) is 42.9 Å². The molecule has 144 valence electrons. The predicted molar refractivity (Wildman–Crippen MR) is 115 cm³/mol. The van der Waals surface area contributed by atoms with Crippen molar-refractivity contribution in [2.75, 3.05) is 25.4 Å². The highest BCUT2D eigenvalue weighted by atomic mass is 32.2. The van der Waals surface area contributed by atoms with E-state index in [0.29, 0.717) is 6.04 Å². The summed E-state index contributed by atoms with van der Waals surface area (Å²) in [4.78, 5) is 4.08. The molecule has 1 heterocycles. The molecule has 4 rings (SSSR count). The first-order valence-electron chi connectivity index (χ1n) is 10.5. The van der Waals surface area contributed by atoms with Crippen molar-refractivity contribution in [3.8, 4) is 5.75 Å². The number of nitrogens with zero attached hydrogens (tertiary/aromatic N) is 1. The Kier molecular flexibility index (Phi) is 6.41. The quantitative estimate of drug-likeness (QED) is 0.570. The van der Waals surface area contributed by atoms with Gasteiger partial charge in [0, 0.05) is 12.6 Å². The lowest BCUT2D eigenvalue weighted by Crippen LogP contribution is -2.37. The van der Waals surface area contributed by atoms with E-state index in [-0.39, 0.29) is 0 Å². The summed E-state index contributed by atoms with van der Waals surface area (Å²) in [7, 11) is 0. The van der Waals surface area contributed by atoms with Gasteiger partial charge in [0.1, 0.15) is 5.75 Å². The highest BCUT2D eigenvalue weighted by Crippen LogP contribution is 2.37. The Balaban J connectivity index is 1.30. The number of benzene rings is 2. The van der Waals surface area contributed by atoms with Crippen LogP contribution >= 0.6 is 11.8 Å². The van der Waals surface area contributed by atoms with Gasteiger partial charge in [-0.05, 0) is 73.6 Å². The van der Waals surface area contributed by atoms with Crippen molar-refractivity contribution in [2.45, 2.75) is 56.4 Å². The maximum atomic E-state index is 6.21. The van der Waals surface area contributed by atoms with Crippen molar-refractivity contribution in [2.24, 2.45) is 0 Å². The Bertz CT molecular complexity index is 735. The summed E-state index contributed by atoms with van der Waals surface area (Å²) in [5.41, 5.74) is 4.57. The molecule has 27 heavy (non-hydrogen) atoms. The minimum atomic E-state index is 0.669. The van der Waals surface area contributed by atoms with E-state index < -0.39 is 0 Å². The molecule has 0 amide bonds. The first-order chi connectivity index (χ1) is 13.3. The lowest BCUT2D eigenvalue weighted by atomic mass is 10.1. The summed E-state index contributed by atoms with van der Waals surface area (Å²) in [6.45, 7) is 5.43. The van der Waals surface area contributed by atoms with Gasteiger partial charge in [-0.3, -0.25) is 4.90 Å². The average molecular weight is 382 g/mol. The first-order valence-corrected chi connectivity index (χ1v) is 11.5. The molecule has 0 fully saturated rings. The van der Waals surface area contributed by atoms with Gasteiger partial charge < -0.3 is 4.74 Å². The Hall–Kier alpha value is -1.45. The molecule has 0 N–H and O–H groups in total. The second kappa shape index (κ2) is 9.16. The summed E-state index contributed by atoms with van der Waals surface area (Å²) >= 11 is 1.97. The Morgan fingerprint density at radius 3 is 2.56 bits per heavy atom. The SMILES string of the molecule is CCCN(CCCOc1cccc2c1SCCC2)C1Cc2ccccc2C1. The molecule has 2 nitrogen and oxygen atoms in total. The summed E-state index contributed by atoms with van der Waals surface area (Å²) in [5.74, 6) is 2.33. The van der Waals surface area contributed by atoms with Crippen LogP contribution < -0.4 is 4.74 Å². The van der Waals surface area contributed by atoms with Crippen LogP contribution in [0.25, 0.3) is 0 Å². The standard InChI is InChI=1S/C24H31NOS/c1-2-13-25(22-17-20-8-3-4-9-21(20)18-22)14-7-15-26-23-12-5-10-19-11-6-16-27-24(19)23/h3-5,8-10,12,22H,2,6-7,11,13-18H2,1H3. The molecule has 0 aromatic heterocycles. The van der Waals surface area contributed by atoms with Crippen molar-refractivity contribution in [3.05, 3.63) is 59.2 Å². The van der Waals surface area contributed by atoms with Gasteiger partial charge in [0.2, 0.25) is 0 Å². The summed E-state index contributed by atoms with van der Waals surface area (Å²) in [6.07, 6.45) is 7.22. The normalized spacial score (nSPS) is 16.4. The van der Waals surface area contributed by atoms with Crippen molar-refractivity contribution >= 4 is 11.8 Å². The largest absolute Gasteiger partial charge is 0.492 e. The van der Waals surface area contributed by atoms with Crippen LogP contribution in [0.15, 0.2) is 47.4 Å². The lowest BCUT2D eigenvalue weighted by Gasteiger charge is -2.28. The van der Waals surface area contributed by atoms with Crippen molar-refractivity contribution in [3.63, 3.8) is 0 Å². The zero-order valence-corrected chi connectivity index (χ0v) is 17.3. The zero-order valence-electron chi connectivity index (χ0n) is 16.5. The van der Waals surface area contributed by atoms with Crippen LogP contribution in [-0.4, -0.2) is 36.4 Å². The van der Waals surface area contributed by atoms with Crippen LogP contribution in [0.3, 0.4) is 0 Å². The van der Waals surface area contributed by atoms with Gasteiger partial charge in [0.15, 0.2) is 0 Å². The predicted octanol–water partition coefficient (Wildman–Crippen LogP) is 5.37. The fourth-order valence-corrected chi connectivity index (χ4v) is 5.60. The van der Waals surface area contributed by atoms with Crippen LogP contribution in [0.4, 0.5) is 0 Å². The van der Waals surface area contributed by atoms with E-state index in [9.17, 15) is 0 Å². The number of fused-ring (bicyclic) bond motifs is 2. The van der Waals surface area contributed by atoms with Gasteiger partial charge in [-0.25, -0.2) is 0 Å². The number of hydrogen-bond acceptors (Lipinski definition) is 3. The second-order valence-corrected chi connectivity index (χ2v) is 8.87. The Labute approximate surface area is 168 Å². The molecule has 0 bridgehead atoms. The first kappa shape index (κ1) is 18.9. The third-order valence-corrected chi connectivity index (χ3v) is 7.05. The molecule has 0 radical (unpaired) electrons. The molecule has 2 aromatic rings. The molecule has 0 spiro atoms. The Morgan fingerprint density at radius 1 is 1.00 bits per heavy atom. The second-order valence-electron chi connectivity index (χ2n) is 7.77. The molecule has 3 heteroatoms. The highest BCUT2D eigenvalue weighted by Gasteiger charge is 2.25. The number of thioether (sulfide) groups is 1. The molecule has 0 saturated heterocycles. The topological polar surface area (TPSA) is 12.5 Å². The third kappa shape index (κ3) is 4.52. The maximum Gasteiger partial charge on any atom is 0.133 e. The molecule has 1 aliphatic carbocycles. The van der Waals surface area contributed by atoms with Gasteiger partial charge in [0.25, 0.3) is 0 Å². The van der Waals surface area contributed by atoms with Crippen LogP contribution in [0, 0.1) is 0 Å². The molecule has 2 aliphatic rings. The minimum absolute atomic E-state index is 0.669. The van der Waals surface area contributed by atoms with E-state index in [1.807, 2.05) is 11.8 Å². The summed E-state index contributed by atoms with van der Waals surface area (Å²) in [5, 5.41) is 0. The van der Waals surface area contributed by atoms with E-state index in [0.717, 1.165) is 25.3 Å². The maximum absolute atomic E-state index is 6.21. The van der Waals surface area contributed by atoms with Crippen LogP contribution in [0.5, 0.6) is 5.75 Å². The van der Waals surface area contributed by atoms with Crippen molar-refractivity contribution < 1.29 is 4.74 Å². The number of aryl methyl sites for hydroxylation is 1. The van der Waals surface area contributed by atoms with E-state index in [4.69, 9.17) is 4.74 Å². The molecule has 0 atom stereocenters. The highest BCUT2D eigenvalue weighted by molar-refractivity contribution is 7.99. The van der Waals surface area contributed by atoms with E-state index in [2.05, 4.69) is 54.3 Å². The fraction of sp³-hybridized carbons (Fsp3) is 0.500. The van der Waals surface area contributed by atoms with E-state index in [1.165, 1.54) is 54.9 Å². The molecular weight excluding hydrogens is 350 g/mol. The zero-order chi connectivity index (χ0) is 18.5. The average Bonchev–Trinajstić information content (AvgIpc) is 3.14. The molecule has 1 aliphatic heterocycles. The van der Waals surface area contributed by atoms with Crippen LogP contribution in [0.2, 0.25) is 0 Å². The van der Waals surface area contributed by atoms with Crippen LogP contribution in [-0.2, 0) is 19.3 Å². The summed E-state index contributed by atoms with van der Waals surface area (Å²) in [6, 6.07) is 16.2. The molecular formula is C24H31NOS. The molecule has 0 saturated carbocycles. The van der Waals surface area contributed by atoms with E-state index in [1.54, 1.807) is 11.1 Å². The van der Waals surface area contributed by atoms with Gasteiger partial charge in [-0.1, -0.05) is 43.3 Å². The van der Waals surface area contributed by atoms with E-state index >= 15 is 0 Å². The van der Waals surface area contributed by atoms with Gasteiger partial charge in [-0.15, -0.1) is 11.8 Å². The number of rotatable bonds is 8. The molecule has 2 aromatic carbocycles. The fourth-order valence-electron chi connectivity index (χ4n) is 4.48. The minimum Gasteiger partial charge on any atom is -0.492 e. The van der Waals surface area contributed by atoms with Gasteiger partial charge in [-0.2, -0.15) is 0 Å².